The Morgan fingerprint density at radius 2 is 2.14 bits per heavy atom. The maximum absolute atomic E-state index is 4.49. The second-order valence-corrected chi connectivity index (χ2v) is 3.77. The minimum atomic E-state index is 0.411. The first-order valence-corrected chi connectivity index (χ1v) is 5.25. The van der Waals surface area contributed by atoms with Crippen molar-refractivity contribution >= 4 is 0 Å². The minimum absolute atomic E-state index is 0.411. The summed E-state index contributed by atoms with van der Waals surface area (Å²) < 4.78 is 1.88. The van der Waals surface area contributed by atoms with Crippen LogP contribution in [-0.4, -0.2) is 27.9 Å². The third-order valence-corrected chi connectivity index (χ3v) is 2.16. The van der Waals surface area contributed by atoms with Gasteiger partial charge >= 0.3 is 0 Å². The summed E-state index contributed by atoms with van der Waals surface area (Å²) in [5.41, 5.74) is 0. The maximum atomic E-state index is 4.49. The lowest BCUT2D eigenvalue weighted by Gasteiger charge is -1.99. The highest BCUT2D eigenvalue weighted by Crippen LogP contribution is 2.09. The molecule has 0 amide bonds. The lowest BCUT2D eigenvalue weighted by molar-refractivity contribution is 0.644. The number of nitrogens with one attached hydrogen (secondary N) is 1. The Balaban J connectivity index is 2.58. The van der Waals surface area contributed by atoms with E-state index >= 15 is 0 Å². The molecule has 1 aromatic heterocycles. The van der Waals surface area contributed by atoms with Gasteiger partial charge in [0, 0.05) is 25.9 Å². The Morgan fingerprint density at radius 1 is 1.43 bits per heavy atom. The molecule has 0 atom stereocenters. The van der Waals surface area contributed by atoms with Crippen LogP contribution in [0, 0.1) is 0 Å². The summed E-state index contributed by atoms with van der Waals surface area (Å²) in [5, 5.41) is 7.65. The molecule has 0 saturated heterocycles. The minimum Gasteiger partial charge on any atom is -0.317 e. The van der Waals surface area contributed by atoms with Crippen LogP contribution >= 0.6 is 0 Å². The highest BCUT2D eigenvalue weighted by Gasteiger charge is 2.09. The van der Waals surface area contributed by atoms with E-state index in [1.807, 2.05) is 11.7 Å². The van der Waals surface area contributed by atoms with E-state index in [-0.39, 0.29) is 0 Å². The first kappa shape index (κ1) is 11.2. The monoisotopic (exact) mass is 196 g/mol. The van der Waals surface area contributed by atoms with Gasteiger partial charge in [0.25, 0.3) is 0 Å². The number of likely N-dealkylation sites (N-methyl/N-ethyl adjacent to an activating group) is 1. The average molecular weight is 196 g/mol. The van der Waals surface area contributed by atoms with E-state index in [0.29, 0.717) is 5.92 Å². The Hall–Kier alpha value is -0.900. The molecule has 14 heavy (non-hydrogen) atoms. The van der Waals surface area contributed by atoms with Crippen LogP contribution in [0.2, 0.25) is 0 Å². The molecule has 0 aliphatic heterocycles. The molecule has 1 rings (SSSR count). The van der Waals surface area contributed by atoms with Crippen molar-refractivity contribution in [3.63, 3.8) is 0 Å². The molecule has 1 aromatic rings. The van der Waals surface area contributed by atoms with Crippen LogP contribution in [0.15, 0.2) is 0 Å². The standard InChI is InChI=1S/C10H20N4/c1-5-11-7-6-9-12-10(8(2)3)13-14(9)4/h8,11H,5-7H2,1-4H3. The van der Waals surface area contributed by atoms with Crippen molar-refractivity contribution in [2.75, 3.05) is 13.1 Å². The zero-order valence-electron chi connectivity index (χ0n) is 9.54. The Labute approximate surface area is 85.7 Å². The molecule has 1 N–H and O–H groups in total. The van der Waals surface area contributed by atoms with Crippen LogP contribution in [-0.2, 0) is 13.5 Å². The van der Waals surface area contributed by atoms with Crippen LogP contribution < -0.4 is 5.32 Å². The largest absolute Gasteiger partial charge is 0.317 e. The van der Waals surface area contributed by atoms with Gasteiger partial charge in [0.05, 0.1) is 0 Å². The quantitative estimate of drug-likeness (QED) is 0.717. The highest BCUT2D eigenvalue weighted by molar-refractivity contribution is 4.97. The second kappa shape index (κ2) is 5.10. The highest BCUT2D eigenvalue weighted by atomic mass is 15.3. The first-order chi connectivity index (χ1) is 6.65. The summed E-state index contributed by atoms with van der Waals surface area (Å²) in [4.78, 5) is 4.49. The average Bonchev–Trinajstić information content (AvgIpc) is 2.49. The first-order valence-electron chi connectivity index (χ1n) is 5.25. The SMILES string of the molecule is CCNCCc1nc(C(C)C)nn1C. The number of nitrogens with zero attached hydrogens (tertiary/aromatic N) is 3. The normalized spacial score (nSPS) is 11.2. The molecule has 0 fully saturated rings. The van der Waals surface area contributed by atoms with E-state index in [9.17, 15) is 0 Å². The molecule has 1 heterocycles. The zero-order valence-corrected chi connectivity index (χ0v) is 9.54. The molecule has 0 saturated carbocycles. The lowest BCUT2D eigenvalue weighted by atomic mass is 10.2. The molecule has 80 valence electrons. The third kappa shape index (κ3) is 2.80. The Bertz CT molecular complexity index is 278. The van der Waals surface area contributed by atoms with Gasteiger partial charge in [0.15, 0.2) is 5.82 Å². The molecular formula is C10H20N4. The van der Waals surface area contributed by atoms with Crippen molar-refractivity contribution in [2.45, 2.75) is 33.1 Å². The van der Waals surface area contributed by atoms with Crippen LogP contribution in [0.4, 0.5) is 0 Å². The lowest BCUT2D eigenvalue weighted by Crippen LogP contribution is -2.17. The summed E-state index contributed by atoms with van der Waals surface area (Å²) in [6.07, 6.45) is 0.948. The predicted octanol–water partition coefficient (Wildman–Crippen LogP) is 1.09. The molecule has 4 heteroatoms. The van der Waals surface area contributed by atoms with Gasteiger partial charge in [-0.05, 0) is 6.54 Å². The summed E-state index contributed by atoms with van der Waals surface area (Å²) in [6.45, 7) is 8.32. The number of aromatic nitrogens is 3. The maximum Gasteiger partial charge on any atom is 0.153 e. The molecule has 0 unspecified atom stereocenters. The van der Waals surface area contributed by atoms with Crippen LogP contribution in [0.5, 0.6) is 0 Å². The van der Waals surface area contributed by atoms with E-state index < -0.39 is 0 Å². The fraction of sp³-hybridized carbons (Fsp3) is 0.800. The second-order valence-electron chi connectivity index (χ2n) is 3.77. The van der Waals surface area contributed by atoms with Crippen LogP contribution in [0.3, 0.4) is 0 Å². The van der Waals surface area contributed by atoms with Gasteiger partial charge in [-0.25, -0.2) is 4.98 Å². The molecule has 0 spiro atoms. The Morgan fingerprint density at radius 3 is 2.64 bits per heavy atom. The Kier molecular flexibility index (Phi) is 4.07. The van der Waals surface area contributed by atoms with Crippen LogP contribution in [0.25, 0.3) is 0 Å². The number of hydrogen-bond acceptors (Lipinski definition) is 3. The van der Waals surface area contributed by atoms with Crippen molar-refractivity contribution in [1.82, 2.24) is 20.1 Å². The van der Waals surface area contributed by atoms with Gasteiger partial charge in [0.1, 0.15) is 5.82 Å². The van der Waals surface area contributed by atoms with Gasteiger partial charge < -0.3 is 5.32 Å². The van der Waals surface area contributed by atoms with Gasteiger partial charge in [0.2, 0.25) is 0 Å². The molecule has 4 nitrogen and oxygen atoms in total. The zero-order chi connectivity index (χ0) is 10.6. The van der Waals surface area contributed by atoms with Crippen molar-refractivity contribution in [3.05, 3.63) is 11.6 Å². The molecule has 0 aromatic carbocycles. The fourth-order valence-corrected chi connectivity index (χ4v) is 1.28. The summed E-state index contributed by atoms with van der Waals surface area (Å²) in [7, 11) is 1.96. The number of hydrogen-bond donors (Lipinski definition) is 1. The van der Waals surface area contributed by atoms with E-state index in [0.717, 1.165) is 31.2 Å². The van der Waals surface area contributed by atoms with E-state index in [4.69, 9.17) is 0 Å². The van der Waals surface area contributed by atoms with Gasteiger partial charge in [-0.1, -0.05) is 20.8 Å². The molecule has 0 bridgehead atoms. The van der Waals surface area contributed by atoms with E-state index in [1.165, 1.54) is 0 Å². The molecule has 0 aliphatic rings. The smallest absolute Gasteiger partial charge is 0.153 e. The third-order valence-electron chi connectivity index (χ3n) is 2.16. The predicted molar refractivity (Wildman–Crippen MR) is 57.3 cm³/mol. The van der Waals surface area contributed by atoms with Gasteiger partial charge in [-0.2, -0.15) is 5.10 Å². The number of rotatable bonds is 5. The summed E-state index contributed by atoms with van der Waals surface area (Å²) in [6, 6.07) is 0. The van der Waals surface area contributed by atoms with Crippen molar-refractivity contribution in [1.29, 1.82) is 0 Å². The topological polar surface area (TPSA) is 42.7 Å². The van der Waals surface area contributed by atoms with Gasteiger partial charge in [-0.15, -0.1) is 0 Å². The van der Waals surface area contributed by atoms with Crippen molar-refractivity contribution < 1.29 is 0 Å². The molecule has 0 aliphatic carbocycles. The van der Waals surface area contributed by atoms with Crippen molar-refractivity contribution in [2.24, 2.45) is 7.05 Å². The summed E-state index contributed by atoms with van der Waals surface area (Å²) in [5.74, 6) is 2.42. The summed E-state index contributed by atoms with van der Waals surface area (Å²) >= 11 is 0. The molecular weight excluding hydrogens is 176 g/mol. The molecule has 0 radical (unpaired) electrons. The van der Waals surface area contributed by atoms with Crippen LogP contribution in [0.1, 0.15) is 38.3 Å². The van der Waals surface area contributed by atoms with E-state index in [1.54, 1.807) is 0 Å². The van der Waals surface area contributed by atoms with Crippen molar-refractivity contribution in [3.8, 4) is 0 Å². The van der Waals surface area contributed by atoms with E-state index in [2.05, 4.69) is 36.2 Å². The number of aryl methyl sites for hydroxylation is 1. The van der Waals surface area contributed by atoms with Gasteiger partial charge in [-0.3, -0.25) is 4.68 Å². The fourth-order valence-electron chi connectivity index (χ4n) is 1.28.